The van der Waals surface area contributed by atoms with Crippen LogP contribution in [-0.2, 0) is 14.3 Å². The first-order valence-electron chi connectivity index (χ1n) is 12.4. The van der Waals surface area contributed by atoms with E-state index in [2.05, 4.69) is 20.7 Å². The molecule has 1 aliphatic rings. The molecule has 200 valence electrons. The number of piperidine rings is 1. The first kappa shape index (κ1) is 27.8. The van der Waals surface area contributed by atoms with Crippen molar-refractivity contribution >= 4 is 17.9 Å². The number of carbonyl (C=O) groups is 3. The molecule has 2 aromatic heterocycles. The van der Waals surface area contributed by atoms with Gasteiger partial charge in [-0.15, -0.1) is 0 Å². The second-order valence-electron chi connectivity index (χ2n) is 10.1. The topological polar surface area (TPSA) is 118 Å². The van der Waals surface area contributed by atoms with Crippen molar-refractivity contribution in [2.45, 2.75) is 71.1 Å². The van der Waals surface area contributed by atoms with E-state index in [4.69, 9.17) is 4.74 Å². The lowest BCUT2D eigenvalue weighted by molar-refractivity contribution is -0.134. The van der Waals surface area contributed by atoms with Gasteiger partial charge in [0.25, 0.3) is 0 Å². The van der Waals surface area contributed by atoms with Gasteiger partial charge in [0.15, 0.2) is 11.6 Å². The summed E-state index contributed by atoms with van der Waals surface area (Å²) in [6, 6.07) is 3.02. The van der Waals surface area contributed by atoms with E-state index in [9.17, 15) is 18.8 Å². The van der Waals surface area contributed by atoms with Crippen molar-refractivity contribution in [3.8, 4) is 5.82 Å². The van der Waals surface area contributed by atoms with Crippen LogP contribution < -0.4 is 10.6 Å². The summed E-state index contributed by atoms with van der Waals surface area (Å²) in [6.07, 6.45) is 7.74. The number of allylic oxidation sites excluding steroid dienone is 1. The number of pyridine rings is 1. The van der Waals surface area contributed by atoms with Crippen molar-refractivity contribution in [3.63, 3.8) is 0 Å². The number of amides is 3. The minimum Gasteiger partial charge on any atom is -0.444 e. The third-order valence-electron chi connectivity index (χ3n) is 5.97. The summed E-state index contributed by atoms with van der Waals surface area (Å²) in [5, 5.41) is 9.76. The molecule has 10 nitrogen and oxygen atoms in total. The van der Waals surface area contributed by atoms with E-state index >= 15 is 0 Å². The molecule has 3 rings (SSSR count). The number of halogens is 1. The van der Waals surface area contributed by atoms with Crippen molar-refractivity contribution < 1.29 is 23.5 Å². The maximum Gasteiger partial charge on any atom is 0.410 e. The molecule has 37 heavy (non-hydrogen) atoms. The Balaban J connectivity index is 1.72. The second-order valence-corrected chi connectivity index (χ2v) is 10.1. The molecular weight excluding hydrogens is 479 g/mol. The predicted octanol–water partition coefficient (Wildman–Crippen LogP) is 3.44. The van der Waals surface area contributed by atoms with E-state index in [1.807, 2.05) is 13.8 Å². The highest BCUT2D eigenvalue weighted by molar-refractivity contribution is 5.95. The molecule has 1 fully saturated rings. The van der Waals surface area contributed by atoms with Crippen LogP contribution in [0.5, 0.6) is 0 Å². The van der Waals surface area contributed by atoms with Crippen LogP contribution in [0, 0.1) is 5.82 Å². The SMILES string of the molecule is CCC=CC(=O)NC1(C(=O)N[C@@H](C)c2ccc(-n3cc(F)cn3)nc2)CCN(C(=O)OC(C)(C)C)CC1. The van der Waals surface area contributed by atoms with Crippen LogP contribution in [0.3, 0.4) is 0 Å². The zero-order valence-corrected chi connectivity index (χ0v) is 22.0. The van der Waals surface area contributed by atoms with Crippen LogP contribution in [-0.4, -0.2) is 61.8 Å². The monoisotopic (exact) mass is 514 g/mol. The predicted molar refractivity (Wildman–Crippen MR) is 135 cm³/mol. The molecule has 0 aromatic carbocycles. The molecule has 0 radical (unpaired) electrons. The average Bonchev–Trinajstić information content (AvgIpc) is 3.28. The largest absolute Gasteiger partial charge is 0.444 e. The molecule has 1 saturated heterocycles. The van der Waals surface area contributed by atoms with Crippen LogP contribution in [0.25, 0.3) is 5.82 Å². The number of rotatable bonds is 7. The third kappa shape index (κ3) is 7.37. The van der Waals surface area contributed by atoms with Gasteiger partial charge in [-0.05, 0) is 64.7 Å². The number of ether oxygens (including phenoxy) is 1. The Bertz CT molecular complexity index is 1130. The van der Waals surface area contributed by atoms with Gasteiger partial charge in [-0.2, -0.15) is 5.10 Å². The summed E-state index contributed by atoms with van der Waals surface area (Å²) in [4.78, 5) is 44.5. The van der Waals surface area contributed by atoms with E-state index in [1.54, 1.807) is 50.1 Å². The molecule has 11 heteroatoms. The fraction of sp³-hybridized carbons (Fsp3) is 0.500. The molecule has 3 amide bonds. The maximum absolute atomic E-state index is 13.5. The van der Waals surface area contributed by atoms with Gasteiger partial charge in [0, 0.05) is 19.3 Å². The summed E-state index contributed by atoms with van der Waals surface area (Å²) in [5.74, 6) is -0.745. The number of nitrogens with one attached hydrogen (secondary N) is 2. The van der Waals surface area contributed by atoms with Crippen LogP contribution >= 0.6 is 0 Å². The molecule has 1 aliphatic heterocycles. The number of hydrogen-bond donors (Lipinski definition) is 2. The van der Waals surface area contributed by atoms with E-state index < -0.39 is 29.1 Å². The highest BCUT2D eigenvalue weighted by Crippen LogP contribution is 2.26. The smallest absolute Gasteiger partial charge is 0.410 e. The highest BCUT2D eigenvalue weighted by atomic mass is 19.1. The van der Waals surface area contributed by atoms with Crippen LogP contribution in [0.4, 0.5) is 9.18 Å². The molecule has 3 heterocycles. The fourth-order valence-electron chi connectivity index (χ4n) is 3.94. The number of carbonyl (C=O) groups excluding carboxylic acids is 3. The van der Waals surface area contributed by atoms with Crippen LogP contribution in [0.2, 0.25) is 0 Å². The standard InChI is InChI=1S/C26H35FN6O4/c1-6-7-8-22(34)31-26(11-13-32(14-12-26)24(36)37-25(3,4)5)23(35)30-18(2)19-9-10-21(28-15-19)33-17-20(27)16-29-33/h7-10,15-18H,6,11-14H2,1-5H3,(H,30,35)(H,31,34)/t18-/m0/s1. The lowest BCUT2D eigenvalue weighted by atomic mass is 9.85. The van der Waals surface area contributed by atoms with Crippen LogP contribution in [0.15, 0.2) is 42.9 Å². The van der Waals surface area contributed by atoms with Crippen molar-refractivity contribution in [2.75, 3.05) is 13.1 Å². The molecular formula is C26H35FN6O4. The number of hydrogen-bond acceptors (Lipinski definition) is 6. The van der Waals surface area contributed by atoms with Gasteiger partial charge < -0.3 is 20.3 Å². The Morgan fingerprint density at radius 3 is 2.46 bits per heavy atom. The lowest BCUT2D eigenvalue weighted by Gasteiger charge is -2.41. The van der Waals surface area contributed by atoms with Gasteiger partial charge >= 0.3 is 6.09 Å². The van der Waals surface area contributed by atoms with E-state index in [1.165, 1.54) is 17.0 Å². The Labute approximate surface area is 216 Å². The quantitative estimate of drug-likeness (QED) is 0.547. The molecule has 2 aromatic rings. The molecule has 0 saturated carbocycles. The molecule has 1 atom stereocenters. The third-order valence-corrected chi connectivity index (χ3v) is 5.97. The molecule has 0 bridgehead atoms. The van der Waals surface area contributed by atoms with Crippen molar-refractivity contribution in [1.29, 1.82) is 0 Å². The molecule has 0 aliphatic carbocycles. The lowest BCUT2D eigenvalue weighted by Crippen LogP contribution is -2.63. The number of likely N-dealkylation sites (tertiary alicyclic amines) is 1. The molecule has 2 N–H and O–H groups in total. The van der Waals surface area contributed by atoms with Gasteiger partial charge in [-0.3, -0.25) is 9.59 Å². The summed E-state index contributed by atoms with van der Waals surface area (Å²) in [7, 11) is 0. The van der Waals surface area contributed by atoms with Crippen molar-refractivity contribution in [2.24, 2.45) is 0 Å². The van der Waals surface area contributed by atoms with Gasteiger partial charge in [-0.25, -0.2) is 18.9 Å². The van der Waals surface area contributed by atoms with Gasteiger partial charge in [-0.1, -0.05) is 19.1 Å². The van der Waals surface area contributed by atoms with E-state index in [0.717, 1.165) is 11.8 Å². The van der Waals surface area contributed by atoms with Gasteiger partial charge in [0.1, 0.15) is 11.1 Å². The Kier molecular flexibility index (Phi) is 8.67. The Morgan fingerprint density at radius 2 is 1.92 bits per heavy atom. The van der Waals surface area contributed by atoms with Crippen LogP contribution in [0.1, 0.15) is 65.5 Å². The Morgan fingerprint density at radius 1 is 1.22 bits per heavy atom. The summed E-state index contributed by atoms with van der Waals surface area (Å²) in [5.41, 5.74) is -1.10. The molecule has 0 unspecified atom stereocenters. The van der Waals surface area contributed by atoms with Gasteiger partial charge in [0.2, 0.25) is 11.8 Å². The zero-order chi connectivity index (χ0) is 27.2. The highest BCUT2D eigenvalue weighted by Gasteiger charge is 2.44. The van der Waals surface area contributed by atoms with Crippen molar-refractivity contribution in [3.05, 3.63) is 54.3 Å². The van der Waals surface area contributed by atoms with Crippen molar-refractivity contribution in [1.82, 2.24) is 30.3 Å². The number of aromatic nitrogens is 3. The Hall–Kier alpha value is -3.76. The first-order valence-corrected chi connectivity index (χ1v) is 12.4. The van der Waals surface area contributed by atoms with E-state index in [-0.39, 0.29) is 37.7 Å². The first-order chi connectivity index (χ1) is 17.4. The normalized spacial score (nSPS) is 16.3. The maximum atomic E-state index is 13.5. The van der Waals surface area contributed by atoms with E-state index in [0.29, 0.717) is 12.2 Å². The number of nitrogens with zero attached hydrogens (tertiary/aromatic N) is 4. The minimum absolute atomic E-state index is 0.235. The fourth-order valence-corrected chi connectivity index (χ4v) is 3.94. The minimum atomic E-state index is -1.19. The van der Waals surface area contributed by atoms with Gasteiger partial charge in [0.05, 0.1) is 18.4 Å². The summed E-state index contributed by atoms with van der Waals surface area (Å²) >= 11 is 0. The zero-order valence-electron chi connectivity index (χ0n) is 22.0. The second kappa shape index (κ2) is 11.5. The summed E-state index contributed by atoms with van der Waals surface area (Å²) in [6.45, 7) is 9.62. The summed E-state index contributed by atoms with van der Waals surface area (Å²) < 4.78 is 20.0. The average molecular weight is 515 g/mol. The molecule has 0 spiro atoms.